The maximum absolute atomic E-state index is 12.9. The maximum atomic E-state index is 12.9. The molecule has 9 heteroatoms. The van der Waals surface area contributed by atoms with Gasteiger partial charge in [0.2, 0.25) is 21.8 Å². The lowest BCUT2D eigenvalue weighted by molar-refractivity contribution is -0.131. The van der Waals surface area contributed by atoms with Crippen LogP contribution in [0.5, 0.6) is 0 Å². The molecule has 3 rings (SSSR count). The minimum absolute atomic E-state index is 0.00774. The molecular formula is C21H24FN3O4S. The van der Waals surface area contributed by atoms with Crippen molar-refractivity contribution in [3.8, 4) is 0 Å². The van der Waals surface area contributed by atoms with Crippen molar-refractivity contribution < 1.29 is 22.4 Å². The number of piperidine rings is 1. The van der Waals surface area contributed by atoms with Gasteiger partial charge >= 0.3 is 0 Å². The summed E-state index contributed by atoms with van der Waals surface area (Å²) in [5.74, 6) is -1.55. The van der Waals surface area contributed by atoms with Crippen molar-refractivity contribution >= 4 is 21.8 Å². The highest BCUT2D eigenvalue weighted by atomic mass is 32.2. The molecule has 1 heterocycles. The number of nitrogens with zero attached hydrogens (tertiary/aromatic N) is 1. The zero-order chi connectivity index (χ0) is 21.7. The largest absolute Gasteiger partial charge is 0.273 e. The monoisotopic (exact) mass is 433 g/mol. The third-order valence-electron chi connectivity index (χ3n) is 5.09. The van der Waals surface area contributed by atoms with E-state index >= 15 is 0 Å². The van der Waals surface area contributed by atoms with E-state index in [1.54, 1.807) is 24.3 Å². The van der Waals surface area contributed by atoms with E-state index in [-0.39, 0.29) is 42.0 Å². The molecule has 2 aromatic rings. The van der Waals surface area contributed by atoms with Crippen molar-refractivity contribution in [2.75, 3.05) is 13.1 Å². The van der Waals surface area contributed by atoms with Gasteiger partial charge in [-0.05, 0) is 49.6 Å². The van der Waals surface area contributed by atoms with Gasteiger partial charge in [0.15, 0.2) is 0 Å². The van der Waals surface area contributed by atoms with Crippen molar-refractivity contribution in [2.24, 2.45) is 5.92 Å². The molecule has 2 amide bonds. The summed E-state index contributed by atoms with van der Waals surface area (Å²) in [4.78, 5) is 24.5. The zero-order valence-electron chi connectivity index (χ0n) is 16.6. The minimum Gasteiger partial charge on any atom is -0.273 e. The third kappa shape index (κ3) is 5.43. The number of rotatable bonds is 5. The highest BCUT2D eigenvalue weighted by molar-refractivity contribution is 7.89. The van der Waals surface area contributed by atoms with Crippen LogP contribution in [0.3, 0.4) is 0 Å². The van der Waals surface area contributed by atoms with Crippen LogP contribution < -0.4 is 10.9 Å². The van der Waals surface area contributed by atoms with Crippen molar-refractivity contribution in [3.05, 3.63) is 65.5 Å². The fourth-order valence-electron chi connectivity index (χ4n) is 3.28. The summed E-state index contributed by atoms with van der Waals surface area (Å²) in [7, 11) is -3.59. The molecule has 1 saturated heterocycles. The number of hydrogen-bond acceptors (Lipinski definition) is 4. The molecular weight excluding hydrogens is 409 g/mol. The van der Waals surface area contributed by atoms with E-state index in [0.29, 0.717) is 18.4 Å². The molecule has 0 aliphatic carbocycles. The molecule has 30 heavy (non-hydrogen) atoms. The Hall–Kier alpha value is -2.78. The first kappa shape index (κ1) is 21.9. The first-order valence-electron chi connectivity index (χ1n) is 9.65. The van der Waals surface area contributed by atoms with Crippen molar-refractivity contribution in [3.63, 3.8) is 0 Å². The van der Waals surface area contributed by atoms with Crippen LogP contribution in [0.1, 0.15) is 24.0 Å². The van der Waals surface area contributed by atoms with E-state index in [0.717, 1.165) is 5.56 Å². The Morgan fingerprint density at radius 1 is 1.00 bits per heavy atom. The molecule has 0 atom stereocenters. The van der Waals surface area contributed by atoms with Crippen molar-refractivity contribution in [1.82, 2.24) is 15.2 Å². The molecule has 1 aliphatic heterocycles. The van der Waals surface area contributed by atoms with Gasteiger partial charge in [-0.25, -0.2) is 12.8 Å². The second kappa shape index (κ2) is 9.36. The maximum Gasteiger partial charge on any atom is 0.243 e. The van der Waals surface area contributed by atoms with Crippen LogP contribution in [0, 0.1) is 18.7 Å². The van der Waals surface area contributed by atoms with Crippen LogP contribution in [-0.4, -0.2) is 37.6 Å². The molecule has 160 valence electrons. The number of nitrogens with one attached hydrogen (secondary N) is 2. The number of carbonyl (C=O) groups excluding carboxylic acids is 2. The molecule has 2 aromatic carbocycles. The molecule has 0 unspecified atom stereocenters. The Morgan fingerprint density at radius 2 is 1.60 bits per heavy atom. The van der Waals surface area contributed by atoms with E-state index in [1.807, 2.05) is 6.92 Å². The van der Waals surface area contributed by atoms with Gasteiger partial charge in [-0.3, -0.25) is 20.4 Å². The Morgan fingerprint density at radius 3 is 2.20 bits per heavy atom. The van der Waals surface area contributed by atoms with E-state index in [9.17, 15) is 22.4 Å². The smallest absolute Gasteiger partial charge is 0.243 e. The molecule has 0 saturated carbocycles. The van der Waals surface area contributed by atoms with Crippen molar-refractivity contribution in [1.29, 1.82) is 0 Å². The zero-order valence-corrected chi connectivity index (χ0v) is 17.4. The van der Waals surface area contributed by atoms with Gasteiger partial charge in [0, 0.05) is 19.0 Å². The Bertz CT molecular complexity index is 1000. The summed E-state index contributed by atoms with van der Waals surface area (Å²) in [5, 5.41) is 0. The van der Waals surface area contributed by atoms with Gasteiger partial charge in [-0.1, -0.05) is 29.8 Å². The molecule has 0 bridgehead atoms. The van der Waals surface area contributed by atoms with Gasteiger partial charge in [0.05, 0.1) is 11.3 Å². The van der Waals surface area contributed by atoms with Gasteiger partial charge in [-0.15, -0.1) is 0 Å². The highest BCUT2D eigenvalue weighted by Crippen LogP contribution is 2.24. The molecule has 0 spiro atoms. The number of aryl methyl sites for hydroxylation is 1. The number of hydrazine groups is 1. The quantitative estimate of drug-likeness (QED) is 0.705. The average Bonchev–Trinajstić information content (AvgIpc) is 2.74. The first-order valence-corrected chi connectivity index (χ1v) is 11.1. The summed E-state index contributed by atoms with van der Waals surface area (Å²) < 4.78 is 39.7. The van der Waals surface area contributed by atoms with Crippen LogP contribution in [-0.2, 0) is 26.0 Å². The molecule has 7 nitrogen and oxygen atoms in total. The summed E-state index contributed by atoms with van der Waals surface area (Å²) in [6, 6.07) is 12.2. The number of benzene rings is 2. The molecule has 0 aromatic heterocycles. The van der Waals surface area contributed by atoms with Crippen molar-refractivity contribution in [2.45, 2.75) is 31.1 Å². The Labute approximate surface area is 175 Å². The highest BCUT2D eigenvalue weighted by Gasteiger charge is 2.32. The lowest BCUT2D eigenvalue weighted by Gasteiger charge is -2.30. The number of amides is 2. The summed E-state index contributed by atoms with van der Waals surface area (Å²) in [6.45, 7) is 2.36. The fourth-order valence-corrected chi connectivity index (χ4v) is 4.75. The standard InChI is InChI=1S/C21H24FN3O4S/c1-15-2-8-19(9-3-15)30(28,29)25-12-10-17(11-13-25)21(27)24-23-20(26)14-16-4-6-18(22)7-5-16/h2-9,17H,10-14H2,1H3,(H,23,26)(H,24,27). The predicted octanol–water partition coefficient (Wildman–Crippen LogP) is 1.92. The SMILES string of the molecule is Cc1ccc(S(=O)(=O)N2CCC(C(=O)NNC(=O)Cc3ccc(F)cc3)CC2)cc1. The first-order chi connectivity index (χ1) is 14.3. The van der Waals surface area contributed by atoms with E-state index in [1.165, 1.54) is 28.6 Å². The second-order valence-electron chi connectivity index (χ2n) is 7.33. The molecule has 1 aliphatic rings. The van der Waals surface area contributed by atoms with Crippen LogP contribution in [0.2, 0.25) is 0 Å². The number of hydrogen-bond donors (Lipinski definition) is 2. The summed E-state index contributed by atoms with van der Waals surface area (Å²) in [6.07, 6.45) is 0.739. The lowest BCUT2D eigenvalue weighted by Crippen LogP contribution is -2.48. The van der Waals surface area contributed by atoms with E-state index in [4.69, 9.17) is 0 Å². The summed E-state index contributed by atoms with van der Waals surface area (Å²) >= 11 is 0. The number of sulfonamides is 1. The Balaban J connectivity index is 1.47. The van der Waals surface area contributed by atoms with Crippen LogP contribution in [0.25, 0.3) is 0 Å². The van der Waals surface area contributed by atoms with Crippen LogP contribution in [0.4, 0.5) is 4.39 Å². The van der Waals surface area contributed by atoms with Crippen LogP contribution >= 0.6 is 0 Å². The lowest BCUT2D eigenvalue weighted by atomic mass is 9.98. The van der Waals surface area contributed by atoms with Crippen LogP contribution in [0.15, 0.2) is 53.4 Å². The van der Waals surface area contributed by atoms with Gasteiger partial charge in [0.1, 0.15) is 5.82 Å². The molecule has 2 N–H and O–H groups in total. The van der Waals surface area contributed by atoms with E-state index < -0.39 is 15.9 Å². The van der Waals surface area contributed by atoms with E-state index in [2.05, 4.69) is 10.9 Å². The topological polar surface area (TPSA) is 95.6 Å². The van der Waals surface area contributed by atoms with Gasteiger partial charge < -0.3 is 0 Å². The second-order valence-corrected chi connectivity index (χ2v) is 9.27. The average molecular weight is 434 g/mol. The van der Waals surface area contributed by atoms with Gasteiger partial charge in [0.25, 0.3) is 0 Å². The minimum atomic E-state index is -3.59. The third-order valence-corrected chi connectivity index (χ3v) is 7.00. The molecule has 0 radical (unpaired) electrons. The normalized spacial score (nSPS) is 15.5. The molecule has 1 fully saturated rings. The Kier molecular flexibility index (Phi) is 6.84. The van der Waals surface area contributed by atoms with Gasteiger partial charge in [-0.2, -0.15) is 4.31 Å². The predicted molar refractivity (Wildman–Crippen MR) is 109 cm³/mol. The fraction of sp³-hybridized carbons (Fsp3) is 0.333. The number of halogens is 1. The summed E-state index contributed by atoms with van der Waals surface area (Å²) in [5.41, 5.74) is 6.35. The number of carbonyl (C=O) groups is 2.